The number of aliphatic hydroxyl groups excluding tert-OH is 1. The number of carbonyl (C=O) groups excluding carboxylic acids is 1. The summed E-state index contributed by atoms with van der Waals surface area (Å²) < 4.78 is 5.83. The van der Waals surface area contributed by atoms with E-state index < -0.39 is 6.10 Å². The highest BCUT2D eigenvalue weighted by molar-refractivity contribution is 9.10. The van der Waals surface area contributed by atoms with Crippen LogP contribution in [0.15, 0.2) is 40.9 Å². The number of aliphatic hydroxyl groups is 1. The molecule has 132 valence electrons. The minimum absolute atomic E-state index is 0.150. The second kappa shape index (κ2) is 7.45. The molecule has 0 saturated carbocycles. The van der Waals surface area contributed by atoms with Crippen LogP contribution in [-0.2, 0) is 6.42 Å². The van der Waals surface area contributed by atoms with Gasteiger partial charge in [0.15, 0.2) is 0 Å². The Morgan fingerprint density at radius 2 is 2.16 bits per heavy atom. The summed E-state index contributed by atoms with van der Waals surface area (Å²) in [7, 11) is 3.62. The van der Waals surface area contributed by atoms with Gasteiger partial charge in [0.1, 0.15) is 5.75 Å². The molecule has 1 aliphatic heterocycles. The number of halogens is 1. The fourth-order valence-electron chi connectivity index (χ4n) is 3.00. The maximum atomic E-state index is 12.4. The van der Waals surface area contributed by atoms with E-state index in [0.29, 0.717) is 15.8 Å². The third kappa shape index (κ3) is 3.80. The van der Waals surface area contributed by atoms with E-state index in [9.17, 15) is 9.90 Å². The number of fused-ring (bicyclic) bond motifs is 1. The molecule has 1 heterocycles. The molecule has 0 spiro atoms. The molecular weight excluding hydrogens is 384 g/mol. The zero-order valence-electron chi connectivity index (χ0n) is 14.3. The van der Waals surface area contributed by atoms with E-state index in [1.807, 2.05) is 18.2 Å². The molecule has 5 nitrogen and oxygen atoms in total. The van der Waals surface area contributed by atoms with Crippen LogP contribution >= 0.6 is 15.9 Å². The number of rotatable bonds is 5. The van der Waals surface area contributed by atoms with Crippen LogP contribution in [0.25, 0.3) is 0 Å². The topological polar surface area (TPSA) is 61.8 Å². The van der Waals surface area contributed by atoms with Crippen LogP contribution in [0.2, 0.25) is 0 Å². The molecule has 1 atom stereocenters. The zero-order valence-corrected chi connectivity index (χ0v) is 15.8. The van der Waals surface area contributed by atoms with Crippen LogP contribution in [0.5, 0.6) is 5.75 Å². The molecule has 0 aromatic heterocycles. The first-order chi connectivity index (χ1) is 12.0. The summed E-state index contributed by atoms with van der Waals surface area (Å²) in [6, 6.07) is 11.2. The molecule has 2 aromatic carbocycles. The lowest BCUT2D eigenvalue weighted by molar-refractivity contribution is 0.0915. The van der Waals surface area contributed by atoms with Gasteiger partial charge in [0.2, 0.25) is 0 Å². The molecule has 0 radical (unpaired) electrons. The number of ether oxygens (including phenoxy) is 1. The predicted molar refractivity (Wildman–Crippen MR) is 101 cm³/mol. The molecule has 2 aromatic rings. The average Bonchev–Trinajstić information content (AvgIpc) is 3.00. The number of methoxy groups -OCH3 is 1. The van der Waals surface area contributed by atoms with Gasteiger partial charge in [-0.2, -0.15) is 0 Å². The quantitative estimate of drug-likeness (QED) is 0.803. The molecule has 0 saturated heterocycles. The maximum Gasteiger partial charge on any atom is 0.252 e. The van der Waals surface area contributed by atoms with E-state index in [0.717, 1.165) is 18.5 Å². The lowest BCUT2D eigenvalue weighted by atomic mass is 10.0. The Morgan fingerprint density at radius 3 is 2.92 bits per heavy atom. The zero-order chi connectivity index (χ0) is 18.0. The second-order valence-corrected chi connectivity index (χ2v) is 6.99. The molecule has 6 heteroatoms. The summed E-state index contributed by atoms with van der Waals surface area (Å²) in [5.41, 5.74) is 3.74. The van der Waals surface area contributed by atoms with E-state index in [1.54, 1.807) is 25.3 Å². The van der Waals surface area contributed by atoms with E-state index >= 15 is 0 Å². The van der Waals surface area contributed by atoms with Gasteiger partial charge in [-0.25, -0.2) is 0 Å². The van der Waals surface area contributed by atoms with Crippen molar-refractivity contribution in [2.24, 2.45) is 0 Å². The monoisotopic (exact) mass is 404 g/mol. The summed E-state index contributed by atoms with van der Waals surface area (Å²) in [6.45, 7) is 1.15. The van der Waals surface area contributed by atoms with Crippen molar-refractivity contribution in [1.29, 1.82) is 0 Å². The Hall–Kier alpha value is -2.05. The molecule has 3 rings (SSSR count). The largest absolute Gasteiger partial charge is 0.497 e. The number of carbonyl (C=O) groups is 1. The molecule has 2 N–H and O–H groups in total. The number of nitrogens with one attached hydrogen (secondary N) is 1. The minimum Gasteiger partial charge on any atom is -0.497 e. The van der Waals surface area contributed by atoms with Crippen LogP contribution in [0, 0.1) is 0 Å². The lowest BCUT2D eigenvalue weighted by Crippen LogP contribution is -2.28. The molecule has 0 bridgehead atoms. The van der Waals surface area contributed by atoms with Gasteiger partial charge in [0.05, 0.1) is 18.8 Å². The molecule has 1 aliphatic rings. The third-order valence-electron chi connectivity index (χ3n) is 4.49. The van der Waals surface area contributed by atoms with E-state index in [1.165, 1.54) is 11.3 Å². The first-order valence-corrected chi connectivity index (χ1v) is 8.92. The van der Waals surface area contributed by atoms with Gasteiger partial charge in [-0.05, 0) is 57.7 Å². The normalized spacial score (nSPS) is 14.2. The fourth-order valence-corrected chi connectivity index (χ4v) is 3.43. The summed E-state index contributed by atoms with van der Waals surface area (Å²) in [5, 5.41) is 13.2. The molecule has 0 unspecified atom stereocenters. The van der Waals surface area contributed by atoms with Crippen LogP contribution in [0.1, 0.15) is 27.6 Å². The Balaban J connectivity index is 1.66. The number of likely N-dealkylation sites (N-methyl/N-ethyl adjacent to an activating group) is 1. The maximum absolute atomic E-state index is 12.4. The van der Waals surface area contributed by atoms with E-state index in [2.05, 4.69) is 33.2 Å². The first kappa shape index (κ1) is 17.8. The van der Waals surface area contributed by atoms with Crippen molar-refractivity contribution >= 4 is 27.5 Å². The van der Waals surface area contributed by atoms with Gasteiger partial charge in [-0.1, -0.05) is 12.1 Å². The van der Waals surface area contributed by atoms with Crippen LogP contribution in [-0.4, -0.2) is 38.3 Å². The highest BCUT2D eigenvalue weighted by Crippen LogP contribution is 2.29. The van der Waals surface area contributed by atoms with Crippen LogP contribution in [0.3, 0.4) is 0 Å². The number of amides is 1. The van der Waals surface area contributed by atoms with Crippen molar-refractivity contribution < 1.29 is 14.6 Å². The van der Waals surface area contributed by atoms with Gasteiger partial charge < -0.3 is 20.1 Å². The number of hydrogen-bond donors (Lipinski definition) is 2. The SMILES string of the molecule is COc1ccc(Br)c(C(=O)NC[C@H](O)c2ccc3c(c2)CCN3C)c1. The van der Waals surface area contributed by atoms with Crippen molar-refractivity contribution in [1.82, 2.24) is 5.32 Å². The van der Waals surface area contributed by atoms with Crippen molar-refractivity contribution in [3.63, 3.8) is 0 Å². The summed E-state index contributed by atoms with van der Waals surface area (Å²) in [6.07, 6.45) is 0.236. The Kier molecular flexibility index (Phi) is 5.30. The number of benzene rings is 2. The second-order valence-electron chi connectivity index (χ2n) is 6.13. The van der Waals surface area contributed by atoms with Gasteiger partial charge in [0.25, 0.3) is 5.91 Å². The number of anilines is 1. The number of hydrogen-bond acceptors (Lipinski definition) is 4. The highest BCUT2D eigenvalue weighted by Gasteiger charge is 2.19. The van der Waals surface area contributed by atoms with E-state index in [-0.39, 0.29) is 12.5 Å². The summed E-state index contributed by atoms with van der Waals surface area (Å²) in [4.78, 5) is 14.6. The molecule has 0 aliphatic carbocycles. The van der Waals surface area contributed by atoms with Crippen molar-refractivity contribution in [2.75, 3.05) is 32.1 Å². The highest BCUT2D eigenvalue weighted by atomic mass is 79.9. The Morgan fingerprint density at radius 1 is 1.36 bits per heavy atom. The summed E-state index contributed by atoms with van der Waals surface area (Å²) >= 11 is 3.37. The van der Waals surface area contributed by atoms with Crippen molar-refractivity contribution in [3.8, 4) is 5.75 Å². The van der Waals surface area contributed by atoms with Gasteiger partial charge in [0, 0.05) is 30.3 Å². The van der Waals surface area contributed by atoms with Gasteiger partial charge in [-0.3, -0.25) is 4.79 Å². The molecule has 0 fully saturated rings. The first-order valence-electron chi connectivity index (χ1n) is 8.13. The number of nitrogens with zero attached hydrogens (tertiary/aromatic N) is 1. The van der Waals surface area contributed by atoms with Crippen LogP contribution in [0.4, 0.5) is 5.69 Å². The fraction of sp³-hybridized carbons (Fsp3) is 0.316. The Bertz CT molecular complexity index is 794. The predicted octanol–water partition coefficient (Wildman–Crippen LogP) is 2.91. The lowest BCUT2D eigenvalue weighted by Gasteiger charge is -2.16. The van der Waals surface area contributed by atoms with Gasteiger partial charge in [-0.15, -0.1) is 0 Å². The van der Waals surface area contributed by atoms with Crippen LogP contribution < -0.4 is 15.0 Å². The molecule has 1 amide bonds. The third-order valence-corrected chi connectivity index (χ3v) is 5.18. The Labute approximate surface area is 155 Å². The standard InChI is InChI=1S/C19H21BrN2O3/c1-22-8-7-12-9-13(3-6-17(12)22)18(23)11-21-19(24)15-10-14(25-2)4-5-16(15)20/h3-6,9-10,18,23H,7-8,11H2,1-2H3,(H,21,24)/t18-/m0/s1. The minimum atomic E-state index is -0.746. The molecule has 25 heavy (non-hydrogen) atoms. The van der Waals surface area contributed by atoms with Gasteiger partial charge >= 0.3 is 0 Å². The van der Waals surface area contributed by atoms with Crippen molar-refractivity contribution in [2.45, 2.75) is 12.5 Å². The average molecular weight is 405 g/mol. The van der Waals surface area contributed by atoms with E-state index in [4.69, 9.17) is 4.74 Å². The smallest absolute Gasteiger partial charge is 0.252 e. The summed E-state index contributed by atoms with van der Waals surface area (Å²) in [5.74, 6) is 0.349. The van der Waals surface area contributed by atoms with Crippen molar-refractivity contribution in [3.05, 3.63) is 57.6 Å². The molecular formula is C19H21BrN2O3.